The largest absolute Gasteiger partial charge is 0.350 e. The topological polar surface area (TPSA) is 4.93 Å². The van der Waals surface area contributed by atoms with E-state index in [1.807, 2.05) is 23.9 Å². The predicted octanol–water partition coefficient (Wildman–Crippen LogP) is 2.12. The summed E-state index contributed by atoms with van der Waals surface area (Å²) in [6.07, 6.45) is 1.89. The van der Waals surface area contributed by atoms with Crippen LogP contribution in [-0.4, -0.2) is 4.57 Å². The van der Waals surface area contributed by atoms with Crippen LogP contribution in [0.15, 0.2) is 24.4 Å². The fourth-order valence-corrected chi connectivity index (χ4v) is 1.16. The van der Waals surface area contributed by atoms with Crippen LogP contribution in [0.2, 0.25) is 0 Å². The molecule has 2 heteroatoms. The van der Waals surface area contributed by atoms with Gasteiger partial charge in [-0.25, -0.2) is 4.39 Å². The normalized spacial score (nSPS) is 10.7. The van der Waals surface area contributed by atoms with Gasteiger partial charge in [0.2, 0.25) is 0 Å². The van der Waals surface area contributed by atoms with Crippen LogP contribution < -0.4 is 0 Å². The lowest BCUT2D eigenvalue weighted by molar-refractivity contribution is 0.628. The van der Waals surface area contributed by atoms with E-state index in [4.69, 9.17) is 0 Å². The first kappa shape index (κ1) is 6.40. The van der Waals surface area contributed by atoms with Crippen molar-refractivity contribution in [1.82, 2.24) is 4.57 Å². The van der Waals surface area contributed by atoms with Gasteiger partial charge >= 0.3 is 0 Å². The fraction of sp³-hybridized carbons (Fsp3) is 0.111. The molecule has 55 valence electrons. The number of benzene rings is 1. The molecule has 1 aromatic heterocycles. The van der Waals surface area contributed by atoms with Crippen molar-refractivity contribution >= 4 is 10.9 Å². The van der Waals surface area contributed by atoms with Crippen LogP contribution in [0.5, 0.6) is 0 Å². The molecule has 2 rings (SSSR count). The van der Waals surface area contributed by atoms with Gasteiger partial charge in [0.05, 0.1) is 5.52 Å². The molecule has 0 amide bonds. The van der Waals surface area contributed by atoms with Crippen LogP contribution in [0.3, 0.4) is 0 Å². The van der Waals surface area contributed by atoms with E-state index in [1.54, 1.807) is 0 Å². The number of halogens is 1. The molecule has 0 aliphatic heterocycles. The minimum Gasteiger partial charge on any atom is -0.350 e. The third-order valence-corrected chi connectivity index (χ3v) is 1.76. The Hall–Kier alpha value is -1.31. The van der Waals surface area contributed by atoms with Gasteiger partial charge in [-0.3, -0.25) is 0 Å². The van der Waals surface area contributed by atoms with Crippen molar-refractivity contribution in [3.8, 4) is 0 Å². The molecule has 1 aromatic carbocycles. The second kappa shape index (κ2) is 2.09. The molecule has 0 fully saturated rings. The van der Waals surface area contributed by atoms with Gasteiger partial charge in [0.25, 0.3) is 0 Å². The lowest BCUT2D eigenvalue weighted by atomic mass is 10.2. The SMILES string of the molecule is Cn1ccc2[c]cc(F)cc21. The number of rotatable bonds is 0. The summed E-state index contributed by atoms with van der Waals surface area (Å²) in [4.78, 5) is 0. The maximum Gasteiger partial charge on any atom is 0.125 e. The third-order valence-electron chi connectivity index (χ3n) is 1.76. The third kappa shape index (κ3) is 0.909. The Morgan fingerprint density at radius 2 is 2.36 bits per heavy atom. The Labute approximate surface area is 64.1 Å². The van der Waals surface area contributed by atoms with Crippen molar-refractivity contribution in [2.45, 2.75) is 0 Å². The fourth-order valence-electron chi connectivity index (χ4n) is 1.16. The van der Waals surface area contributed by atoms with Crippen LogP contribution >= 0.6 is 0 Å². The zero-order valence-corrected chi connectivity index (χ0v) is 6.13. The van der Waals surface area contributed by atoms with Crippen molar-refractivity contribution in [3.05, 3.63) is 36.3 Å². The summed E-state index contributed by atoms with van der Waals surface area (Å²) in [5, 5.41) is 0.953. The Morgan fingerprint density at radius 1 is 1.55 bits per heavy atom. The number of hydrogen-bond donors (Lipinski definition) is 0. The molecule has 0 aliphatic carbocycles. The van der Waals surface area contributed by atoms with Crippen LogP contribution in [0.25, 0.3) is 10.9 Å². The van der Waals surface area contributed by atoms with Crippen LogP contribution in [0.4, 0.5) is 4.39 Å². The van der Waals surface area contributed by atoms with Gasteiger partial charge in [-0.15, -0.1) is 0 Å². The van der Waals surface area contributed by atoms with E-state index >= 15 is 0 Å². The van der Waals surface area contributed by atoms with Crippen LogP contribution in [0.1, 0.15) is 0 Å². The van der Waals surface area contributed by atoms with Crippen molar-refractivity contribution < 1.29 is 4.39 Å². The number of aromatic nitrogens is 1. The average Bonchev–Trinajstić information content (AvgIpc) is 2.33. The maximum atomic E-state index is 12.6. The standard InChI is InChI=1S/C9H7FN/c1-11-5-4-7-2-3-8(10)6-9(7)11/h3-6H,1H3. The summed E-state index contributed by atoms with van der Waals surface area (Å²) in [7, 11) is 1.88. The first-order valence-electron chi connectivity index (χ1n) is 3.39. The molecule has 1 radical (unpaired) electrons. The highest BCUT2D eigenvalue weighted by atomic mass is 19.1. The van der Waals surface area contributed by atoms with Gasteiger partial charge in [-0.05, 0) is 24.3 Å². The van der Waals surface area contributed by atoms with E-state index in [-0.39, 0.29) is 5.82 Å². The molecule has 0 spiro atoms. The van der Waals surface area contributed by atoms with Crippen LogP contribution in [-0.2, 0) is 7.05 Å². The van der Waals surface area contributed by atoms with Gasteiger partial charge in [-0.2, -0.15) is 0 Å². The number of aryl methyl sites for hydroxylation is 1. The maximum absolute atomic E-state index is 12.6. The van der Waals surface area contributed by atoms with E-state index in [2.05, 4.69) is 6.07 Å². The first-order valence-corrected chi connectivity index (χ1v) is 3.39. The molecule has 0 saturated carbocycles. The first-order chi connectivity index (χ1) is 5.27. The molecule has 0 unspecified atom stereocenters. The second-order valence-electron chi connectivity index (χ2n) is 2.54. The van der Waals surface area contributed by atoms with Crippen molar-refractivity contribution in [2.24, 2.45) is 7.05 Å². The lowest BCUT2D eigenvalue weighted by Gasteiger charge is -1.94. The Balaban J connectivity index is 2.87. The molecule has 0 atom stereocenters. The zero-order valence-electron chi connectivity index (χ0n) is 6.13. The van der Waals surface area contributed by atoms with E-state index in [1.165, 1.54) is 12.1 Å². The van der Waals surface area contributed by atoms with Gasteiger partial charge in [0.1, 0.15) is 5.82 Å². The Kier molecular flexibility index (Phi) is 1.22. The van der Waals surface area contributed by atoms with Gasteiger partial charge in [0, 0.05) is 18.6 Å². The quantitative estimate of drug-likeness (QED) is 0.539. The van der Waals surface area contributed by atoms with Crippen molar-refractivity contribution in [3.63, 3.8) is 0 Å². The smallest absolute Gasteiger partial charge is 0.125 e. The predicted molar refractivity (Wildman–Crippen MR) is 41.7 cm³/mol. The summed E-state index contributed by atoms with van der Waals surface area (Å²) in [6, 6.07) is 7.61. The molecular formula is C9H7FN. The second-order valence-corrected chi connectivity index (χ2v) is 2.54. The molecule has 0 saturated heterocycles. The van der Waals surface area contributed by atoms with E-state index in [0.717, 1.165) is 10.9 Å². The highest BCUT2D eigenvalue weighted by Crippen LogP contribution is 2.14. The van der Waals surface area contributed by atoms with Crippen molar-refractivity contribution in [1.29, 1.82) is 0 Å². The minimum atomic E-state index is -0.237. The minimum absolute atomic E-state index is 0.237. The van der Waals surface area contributed by atoms with Gasteiger partial charge in [-0.1, -0.05) is 0 Å². The average molecular weight is 148 g/mol. The van der Waals surface area contributed by atoms with Gasteiger partial charge in [0.15, 0.2) is 0 Å². The number of hydrogen-bond acceptors (Lipinski definition) is 0. The molecule has 0 bridgehead atoms. The summed E-state index contributed by atoms with van der Waals surface area (Å²) in [6.45, 7) is 0. The molecular weight excluding hydrogens is 141 g/mol. The summed E-state index contributed by atoms with van der Waals surface area (Å²) in [5.74, 6) is -0.237. The summed E-state index contributed by atoms with van der Waals surface area (Å²) >= 11 is 0. The van der Waals surface area contributed by atoms with E-state index in [9.17, 15) is 4.39 Å². The molecule has 1 nitrogen and oxygen atoms in total. The molecule has 0 N–H and O–H groups in total. The van der Waals surface area contributed by atoms with Gasteiger partial charge < -0.3 is 4.57 Å². The molecule has 1 heterocycles. The summed E-state index contributed by atoms with van der Waals surface area (Å²) < 4.78 is 14.5. The highest BCUT2D eigenvalue weighted by molar-refractivity contribution is 5.79. The van der Waals surface area contributed by atoms with E-state index in [0.29, 0.717) is 0 Å². The monoisotopic (exact) mass is 148 g/mol. The Morgan fingerprint density at radius 3 is 3.18 bits per heavy atom. The lowest BCUT2D eigenvalue weighted by Crippen LogP contribution is -1.84. The molecule has 11 heavy (non-hydrogen) atoms. The van der Waals surface area contributed by atoms with Crippen molar-refractivity contribution in [2.75, 3.05) is 0 Å². The summed E-state index contributed by atoms with van der Waals surface area (Å²) in [5.41, 5.74) is 0.880. The molecule has 2 aromatic rings. The zero-order chi connectivity index (χ0) is 7.84. The Bertz CT molecular complexity index is 389. The van der Waals surface area contributed by atoms with Crippen LogP contribution in [0, 0.1) is 11.9 Å². The number of fused-ring (bicyclic) bond motifs is 1. The number of nitrogens with zero attached hydrogens (tertiary/aromatic N) is 1. The van der Waals surface area contributed by atoms with E-state index < -0.39 is 0 Å². The highest BCUT2D eigenvalue weighted by Gasteiger charge is 1.97. The molecule has 0 aliphatic rings.